The Morgan fingerprint density at radius 1 is 0.903 bits per heavy atom. The molecule has 4 aliphatic carbocycles. The van der Waals surface area contributed by atoms with Gasteiger partial charge in [0.15, 0.2) is 0 Å². The number of carbonyl (C=O) groups is 1. The minimum atomic E-state index is 0.193. The van der Waals surface area contributed by atoms with E-state index in [-0.39, 0.29) is 5.91 Å². The van der Waals surface area contributed by atoms with Gasteiger partial charge in [0.2, 0.25) is 5.91 Å². The van der Waals surface area contributed by atoms with Crippen LogP contribution in [0.4, 0.5) is 0 Å². The second-order valence-electron chi connectivity index (χ2n) is 13.3. The fourth-order valence-corrected chi connectivity index (χ4v) is 9.84. The third-order valence-electron chi connectivity index (χ3n) is 11.2. The number of nitrogens with one attached hydrogen (secondary N) is 1. The molecule has 0 heterocycles. The van der Waals surface area contributed by atoms with Gasteiger partial charge in [0.25, 0.3) is 0 Å². The van der Waals surface area contributed by atoms with Crippen molar-refractivity contribution in [1.29, 1.82) is 0 Å². The zero-order valence-electron chi connectivity index (χ0n) is 21.5. The zero-order valence-corrected chi connectivity index (χ0v) is 21.5. The summed E-state index contributed by atoms with van der Waals surface area (Å²) in [5.41, 5.74) is 0.994. The molecule has 0 bridgehead atoms. The van der Waals surface area contributed by atoms with Gasteiger partial charge in [0, 0.05) is 13.0 Å². The highest BCUT2D eigenvalue weighted by molar-refractivity contribution is 5.73. The van der Waals surface area contributed by atoms with E-state index < -0.39 is 0 Å². The highest BCUT2D eigenvalue weighted by Crippen LogP contribution is 2.68. The molecule has 9 atom stereocenters. The van der Waals surface area contributed by atoms with E-state index in [9.17, 15) is 4.79 Å². The van der Waals surface area contributed by atoms with Crippen molar-refractivity contribution in [2.24, 2.45) is 52.3 Å². The minimum Gasteiger partial charge on any atom is -0.353 e. The highest BCUT2D eigenvalue weighted by Gasteiger charge is 2.61. The van der Waals surface area contributed by atoms with Gasteiger partial charge in [-0.05, 0) is 97.2 Å². The van der Waals surface area contributed by atoms with Gasteiger partial charge in [-0.2, -0.15) is 0 Å². The van der Waals surface area contributed by atoms with E-state index >= 15 is 0 Å². The number of hydrogen-bond donors (Lipinski definition) is 1. The molecule has 4 rings (SSSR count). The van der Waals surface area contributed by atoms with Crippen molar-refractivity contribution in [3.8, 4) is 0 Å². The summed E-state index contributed by atoms with van der Waals surface area (Å²) in [5.74, 6) is 6.16. The maximum absolute atomic E-state index is 12.1. The first-order valence-electron chi connectivity index (χ1n) is 13.9. The lowest BCUT2D eigenvalue weighted by Crippen LogP contribution is -2.60. The lowest BCUT2D eigenvalue weighted by molar-refractivity contribution is -0.136. The van der Waals surface area contributed by atoms with Gasteiger partial charge in [-0.25, -0.2) is 0 Å². The first kappa shape index (κ1) is 23.6. The fraction of sp³-hybridized carbons (Fsp3) is 0.966. The molecule has 4 aliphatic rings. The number of amides is 1. The summed E-state index contributed by atoms with van der Waals surface area (Å²) in [7, 11) is 0. The standard InChI is InChI=1S/C29H51NO/c1-19(2)10-9-11-20(3)23-13-14-24-22-18-27(30-21(4)31)26-12-7-8-16-28(26,5)25(22)15-17-29(23,24)6/h19-20,22-27H,7-18H2,1-6H3,(H,30,31)/t20-,22-,23-,24-,25-,26-,27+,28-,29-/m1/s1. The molecule has 4 saturated carbocycles. The predicted octanol–water partition coefficient (Wildman–Crippen LogP) is 7.61. The van der Waals surface area contributed by atoms with Crippen molar-refractivity contribution in [1.82, 2.24) is 5.32 Å². The molecule has 1 amide bonds. The van der Waals surface area contributed by atoms with Gasteiger partial charge in [0.1, 0.15) is 0 Å². The smallest absolute Gasteiger partial charge is 0.217 e. The lowest BCUT2D eigenvalue weighted by Gasteiger charge is -2.62. The molecule has 4 fully saturated rings. The van der Waals surface area contributed by atoms with E-state index in [1.807, 2.05) is 0 Å². The fourth-order valence-electron chi connectivity index (χ4n) is 9.84. The predicted molar refractivity (Wildman–Crippen MR) is 131 cm³/mol. The number of carbonyl (C=O) groups excluding carboxylic acids is 1. The van der Waals surface area contributed by atoms with Crippen LogP contribution >= 0.6 is 0 Å². The summed E-state index contributed by atoms with van der Waals surface area (Å²) in [4.78, 5) is 12.1. The van der Waals surface area contributed by atoms with Gasteiger partial charge in [-0.15, -0.1) is 0 Å². The first-order chi connectivity index (χ1) is 14.7. The molecule has 0 saturated heterocycles. The van der Waals surface area contributed by atoms with Crippen LogP contribution in [0.2, 0.25) is 0 Å². The molecule has 31 heavy (non-hydrogen) atoms. The Bertz CT molecular complexity index is 643. The quantitative estimate of drug-likeness (QED) is 0.462. The molecule has 0 unspecified atom stereocenters. The second-order valence-corrected chi connectivity index (χ2v) is 13.3. The topological polar surface area (TPSA) is 29.1 Å². The Morgan fingerprint density at radius 2 is 1.65 bits per heavy atom. The Balaban J connectivity index is 1.54. The SMILES string of the molecule is CC(=O)N[C@H]1C[C@@H]2[C@H]3CC[C@H]([C@H](C)CCCC(C)C)[C@@]3(C)CC[C@H]2[C@@]2(C)CCCC[C@H]12. The molecule has 0 spiro atoms. The average Bonchev–Trinajstić information content (AvgIpc) is 3.04. The third kappa shape index (κ3) is 4.23. The van der Waals surface area contributed by atoms with Gasteiger partial charge >= 0.3 is 0 Å². The summed E-state index contributed by atoms with van der Waals surface area (Å²) < 4.78 is 0. The molecule has 0 aromatic carbocycles. The molecule has 2 heteroatoms. The maximum atomic E-state index is 12.1. The molecule has 0 aromatic heterocycles. The second kappa shape index (κ2) is 9.02. The molecule has 0 aliphatic heterocycles. The van der Waals surface area contributed by atoms with Crippen molar-refractivity contribution in [3.05, 3.63) is 0 Å². The number of rotatable bonds is 6. The van der Waals surface area contributed by atoms with Crippen molar-refractivity contribution < 1.29 is 4.79 Å². The normalized spacial score (nSPS) is 45.5. The van der Waals surface area contributed by atoms with E-state index in [0.29, 0.717) is 22.8 Å². The maximum Gasteiger partial charge on any atom is 0.217 e. The number of hydrogen-bond acceptors (Lipinski definition) is 1. The van der Waals surface area contributed by atoms with Crippen molar-refractivity contribution in [2.45, 2.75) is 125 Å². The van der Waals surface area contributed by atoms with Gasteiger partial charge < -0.3 is 5.32 Å². The van der Waals surface area contributed by atoms with Gasteiger partial charge in [0.05, 0.1) is 0 Å². The van der Waals surface area contributed by atoms with Crippen LogP contribution in [0.3, 0.4) is 0 Å². The van der Waals surface area contributed by atoms with Crippen LogP contribution in [-0.2, 0) is 4.79 Å². The van der Waals surface area contributed by atoms with Crippen LogP contribution in [-0.4, -0.2) is 11.9 Å². The Labute approximate surface area is 193 Å². The summed E-state index contributed by atoms with van der Waals surface area (Å²) in [5, 5.41) is 3.47. The Kier molecular flexibility index (Phi) is 6.87. The van der Waals surface area contributed by atoms with Gasteiger partial charge in [-0.1, -0.05) is 66.7 Å². The Morgan fingerprint density at radius 3 is 2.35 bits per heavy atom. The number of fused-ring (bicyclic) bond motifs is 5. The molecule has 2 nitrogen and oxygen atoms in total. The zero-order chi connectivity index (χ0) is 22.4. The van der Waals surface area contributed by atoms with Crippen molar-refractivity contribution in [2.75, 3.05) is 0 Å². The lowest BCUT2D eigenvalue weighted by atomic mass is 9.43. The van der Waals surface area contributed by atoms with E-state index in [1.54, 1.807) is 6.92 Å². The first-order valence-corrected chi connectivity index (χ1v) is 13.9. The van der Waals surface area contributed by atoms with E-state index in [4.69, 9.17) is 0 Å². The molecular formula is C29H51NO. The molecule has 178 valence electrons. The molecule has 1 N–H and O–H groups in total. The Hall–Kier alpha value is -0.530. The van der Waals surface area contributed by atoms with E-state index in [2.05, 4.69) is 39.9 Å². The average molecular weight is 430 g/mol. The summed E-state index contributed by atoms with van der Waals surface area (Å²) in [6, 6.07) is 0.425. The summed E-state index contributed by atoms with van der Waals surface area (Å²) in [6.07, 6.45) is 16.8. The van der Waals surface area contributed by atoms with Crippen LogP contribution < -0.4 is 5.32 Å². The van der Waals surface area contributed by atoms with Crippen LogP contribution in [0, 0.1) is 52.3 Å². The third-order valence-corrected chi connectivity index (χ3v) is 11.2. The monoisotopic (exact) mass is 429 g/mol. The summed E-state index contributed by atoms with van der Waals surface area (Å²) in [6.45, 7) is 14.4. The van der Waals surface area contributed by atoms with Crippen LogP contribution in [0.25, 0.3) is 0 Å². The van der Waals surface area contributed by atoms with Crippen molar-refractivity contribution >= 4 is 5.91 Å². The van der Waals surface area contributed by atoms with E-state index in [0.717, 1.165) is 35.5 Å². The van der Waals surface area contributed by atoms with Crippen LogP contribution in [0.15, 0.2) is 0 Å². The van der Waals surface area contributed by atoms with E-state index in [1.165, 1.54) is 77.0 Å². The largest absolute Gasteiger partial charge is 0.353 e. The summed E-state index contributed by atoms with van der Waals surface area (Å²) >= 11 is 0. The van der Waals surface area contributed by atoms with Crippen molar-refractivity contribution in [3.63, 3.8) is 0 Å². The van der Waals surface area contributed by atoms with Crippen LogP contribution in [0.1, 0.15) is 119 Å². The minimum absolute atomic E-state index is 0.193. The van der Waals surface area contributed by atoms with Gasteiger partial charge in [-0.3, -0.25) is 4.79 Å². The van der Waals surface area contributed by atoms with Crippen LogP contribution in [0.5, 0.6) is 0 Å². The molecule has 0 radical (unpaired) electrons. The molecule has 0 aromatic rings. The molecular weight excluding hydrogens is 378 g/mol. The highest BCUT2D eigenvalue weighted by atomic mass is 16.1.